The van der Waals surface area contributed by atoms with Crippen LogP contribution in [0.25, 0.3) is 21.7 Å². The fourth-order valence-corrected chi connectivity index (χ4v) is 7.57. The van der Waals surface area contributed by atoms with Gasteiger partial charge in [-0.05, 0) is 42.8 Å². The molecule has 0 spiro atoms. The van der Waals surface area contributed by atoms with Gasteiger partial charge in [0.1, 0.15) is 0 Å². The Balaban J connectivity index is 0.00000769. The van der Waals surface area contributed by atoms with Gasteiger partial charge in [0, 0.05) is 144 Å². The molecule has 1 aromatic heterocycles. The van der Waals surface area contributed by atoms with Crippen LogP contribution in [0.2, 0.25) is 0 Å². The molecule has 3 aromatic carbocycles. The van der Waals surface area contributed by atoms with Crippen molar-refractivity contribution >= 4 is 58.1 Å². The number of rotatable bonds is 15. The Morgan fingerprint density at radius 2 is 1.19 bits per heavy atom. The topological polar surface area (TPSA) is 193 Å². The molecule has 0 atom stereocenters. The van der Waals surface area contributed by atoms with Gasteiger partial charge in [0.25, 0.3) is 0 Å². The van der Waals surface area contributed by atoms with E-state index < -0.39 is 25.0 Å². The first-order valence-corrected chi connectivity index (χ1v) is 19.4. The monoisotopic (exact) mass is 953 g/mol. The summed E-state index contributed by atoms with van der Waals surface area (Å²) in [6, 6.07) is 19.9. The minimum absolute atomic E-state index is 0. The molecule has 0 unspecified atom stereocenters. The van der Waals surface area contributed by atoms with Crippen LogP contribution >= 0.6 is 0 Å². The standard InChI is InChI=1S/C41H54BN7O9.Eu/c1-43(2)25-35-32(8-6-10-36(35)42(57)58)24-49-23-31-7-4-5-9-33(31)34-21-30(11-12-37(34)49)22-44(3)38(50)26-45-13-15-46(27-39(51)52)17-19-48(29-41(55)56)20-18-47(16-14-45)28-40(53)54;/h4-12,21,23,57-58H,13-20,22,24-29H2,1-3H3,(H2-,51,52,53,54,55,56);/p+1. The van der Waals surface area contributed by atoms with E-state index in [9.17, 15) is 44.5 Å². The summed E-state index contributed by atoms with van der Waals surface area (Å²) in [5.74, 6) is -3.19. The second kappa shape index (κ2) is 23.0. The van der Waals surface area contributed by atoms with E-state index in [1.165, 1.54) is 0 Å². The molecule has 1 fully saturated rings. The normalized spacial score (nSPS) is 15.4. The van der Waals surface area contributed by atoms with Crippen molar-refractivity contribution in [2.75, 3.05) is 99.7 Å². The van der Waals surface area contributed by atoms with Crippen molar-refractivity contribution in [1.29, 1.82) is 0 Å². The van der Waals surface area contributed by atoms with Crippen LogP contribution in [0.4, 0.5) is 0 Å². The molecule has 1 radical (unpaired) electrons. The number of pyridine rings is 1. The van der Waals surface area contributed by atoms with Gasteiger partial charge in [-0.3, -0.25) is 38.8 Å². The number of amides is 1. The second-order valence-corrected chi connectivity index (χ2v) is 15.3. The summed E-state index contributed by atoms with van der Waals surface area (Å²) in [4.78, 5) is 59.5. The smallest absolute Gasteiger partial charge is 0.480 e. The molecule has 0 bridgehead atoms. The number of aliphatic carboxylic acids is 3. The van der Waals surface area contributed by atoms with E-state index in [1.54, 1.807) is 32.7 Å². The van der Waals surface area contributed by atoms with Gasteiger partial charge in [-0.25, -0.2) is 0 Å². The van der Waals surface area contributed by atoms with Crippen LogP contribution in [0.15, 0.2) is 66.9 Å². The molecule has 18 heteroatoms. The summed E-state index contributed by atoms with van der Waals surface area (Å²) >= 11 is 0. The first kappa shape index (κ1) is 48.2. The largest absolute Gasteiger partial charge is 0.488 e. The third-order valence-corrected chi connectivity index (χ3v) is 10.5. The number of fused-ring (bicyclic) bond motifs is 3. The molecule has 1 aliphatic rings. The van der Waals surface area contributed by atoms with Gasteiger partial charge in [0.2, 0.25) is 11.4 Å². The van der Waals surface area contributed by atoms with Crippen molar-refractivity contribution in [2.24, 2.45) is 0 Å². The average Bonchev–Trinajstić information content (AvgIpc) is 3.15. The molecule has 59 heavy (non-hydrogen) atoms. The molecule has 317 valence electrons. The molecule has 16 nitrogen and oxygen atoms in total. The van der Waals surface area contributed by atoms with E-state index in [2.05, 4.69) is 29.0 Å². The Morgan fingerprint density at radius 1 is 0.661 bits per heavy atom. The van der Waals surface area contributed by atoms with Crippen LogP contribution in [0.1, 0.15) is 16.7 Å². The summed E-state index contributed by atoms with van der Waals surface area (Å²) < 4.78 is 2.17. The van der Waals surface area contributed by atoms with Crippen LogP contribution in [-0.2, 0) is 38.8 Å². The Bertz CT molecular complexity index is 2060. The predicted octanol–water partition coefficient (Wildman–Crippen LogP) is -0.496. The van der Waals surface area contributed by atoms with Gasteiger partial charge in [-0.2, -0.15) is 4.57 Å². The van der Waals surface area contributed by atoms with Crippen molar-refractivity contribution in [3.05, 3.63) is 83.6 Å². The number of hydrogen-bond acceptors (Lipinski definition) is 11. The van der Waals surface area contributed by atoms with Gasteiger partial charge in [-0.1, -0.05) is 42.5 Å². The number of carboxylic acids is 3. The quantitative estimate of drug-likeness (QED) is 0.0583. The van der Waals surface area contributed by atoms with Crippen LogP contribution < -0.4 is 10.0 Å². The third kappa shape index (κ3) is 14.3. The molecule has 1 aliphatic heterocycles. The van der Waals surface area contributed by atoms with Gasteiger partial charge in [0.15, 0.2) is 12.7 Å². The Hall–Kier alpha value is -3.42. The van der Waals surface area contributed by atoms with Crippen LogP contribution in [-0.4, -0.2) is 185 Å². The van der Waals surface area contributed by atoms with E-state index in [0.29, 0.717) is 77.5 Å². The molecule has 4 aromatic rings. The summed E-state index contributed by atoms with van der Waals surface area (Å²) in [6.45, 7) is 3.20. The number of aromatic nitrogens is 1. The Morgan fingerprint density at radius 3 is 1.69 bits per heavy atom. The van der Waals surface area contributed by atoms with Crippen LogP contribution in [0, 0.1) is 49.4 Å². The van der Waals surface area contributed by atoms with Crippen molar-refractivity contribution < 1.29 is 98.5 Å². The number of carboxylic acid groups (broad SMARTS) is 3. The molecule has 2 heterocycles. The fraction of sp³-hybridized carbons (Fsp3) is 0.439. The molecule has 0 saturated carbocycles. The van der Waals surface area contributed by atoms with E-state index in [-0.39, 0.29) is 81.5 Å². The maximum absolute atomic E-state index is 13.8. The molecular formula is C41H55BEuN7O9+. The summed E-state index contributed by atoms with van der Waals surface area (Å²) in [7, 11) is 4.03. The van der Waals surface area contributed by atoms with Crippen molar-refractivity contribution in [1.82, 2.24) is 29.4 Å². The number of benzene rings is 3. The zero-order valence-corrected chi connectivity index (χ0v) is 36.3. The van der Waals surface area contributed by atoms with Crippen molar-refractivity contribution in [3.63, 3.8) is 0 Å². The van der Waals surface area contributed by atoms with Crippen molar-refractivity contribution in [2.45, 2.75) is 19.6 Å². The minimum Gasteiger partial charge on any atom is -0.480 e. The first-order valence-electron chi connectivity index (χ1n) is 19.4. The maximum Gasteiger partial charge on any atom is 0.488 e. The van der Waals surface area contributed by atoms with E-state index >= 15 is 0 Å². The molecule has 5 N–H and O–H groups in total. The molecule has 0 aliphatic carbocycles. The van der Waals surface area contributed by atoms with Crippen LogP contribution in [0.3, 0.4) is 0 Å². The van der Waals surface area contributed by atoms with Gasteiger partial charge >= 0.3 is 25.0 Å². The zero-order valence-electron chi connectivity index (χ0n) is 33.9. The minimum atomic E-state index is -1.60. The summed E-state index contributed by atoms with van der Waals surface area (Å²) in [5, 5.41) is 52.0. The zero-order chi connectivity index (χ0) is 41.9. The Labute approximate surface area is 385 Å². The van der Waals surface area contributed by atoms with Gasteiger partial charge in [-0.15, -0.1) is 0 Å². The maximum atomic E-state index is 13.8. The molecule has 5 rings (SSSR count). The molecule has 1 amide bonds. The van der Waals surface area contributed by atoms with Crippen molar-refractivity contribution in [3.8, 4) is 0 Å². The Kier molecular flexibility index (Phi) is 18.8. The number of carbonyl (C=O) groups is 4. The predicted molar refractivity (Wildman–Crippen MR) is 220 cm³/mol. The average molecular weight is 953 g/mol. The van der Waals surface area contributed by atoms with E-state index in [0.717, 1.165) is 38.4 Å². The van der Waals surface area contributed by atoms with Gasteiger partial charge < -0.3 is 35.2 Å². The molecule has 1 saturated heterocycles. The van der Waals surface area contributed by atoms with E-state index in [1.807, 2.05) is 60.3 Å². The second-order valence-electron chi connectivity index (χ2n) is 15.3. The number of hydrogen-bond donors (Lipinski definition) is 5. The number of likely N-dealkylation sites (N-methyl/N-ethyl adjacent to an activating group) is 1. The summed E-state index contributed by atoms with van der Waals surface area (Å²) in [5.41, 5.74) is 4.19. The molecular weight excluding hydrogens is 897 g/mol. The van der Waals surface area contributed by atoms with Gasteiger partial charge in [0.05, 0.1) is 31.6 Å². The SMILES string of the molecule is CN(C)Cc1c(C[n+]2cc3ccccc3c3cc(CN(C)C(=O)CN4CCN(CC(=O)O)CCN(CC(=O)O)CCN(CC(=O)O)CC4)ccc32)cccc1B(O)O.[Eu]. The fourth-order valence-electron chi connectivity index (χ4n) is 7.57. The van der Waals surface area contributed by atoms with Crippen LogP contribution in [0.5, 0.6) is 0 Å². The summed E-state index contributed by atoms with van der Waals surface area (Å²) in [6.07, 6.45) is 2.10. The first-order chi connectivity index (χ1) is 27.7. The number of nitrogens with zero attached hydrogens (tertiary/aromatic N) is 7. The van der Waals surface area contributed by atoms with E-state index in [4.69, 9.17) is 0 Å². The number of carbonyl (C=O) groups excluding carboxylic acids is 1. The third-order valence-electron chi connectivity index (χ3n) is 10.5.